The summed E-state index contributed by atoms with van der Waals surface area (Å²) in [6, 6.07) is 4.70. The molecule has 0 amide bonds. The van der Waals surface area contributed by atoms with Crippen LogP contribution < -0.4 is 4.90 Å². The van der Waals surface area contributed by atoms with Gasteiger partial charge in [0, 0.05) is 19.1 Å². The molecule has 20 heavy (non-hydrogen) atoms. The molecular weight excluding hydrogens is 252 g/mol. The first kappa shape index (κ1) is 12.1. The molecule has 6 heteroatoms. The van der Waals surface area contributed by atoms with Crippen molar-refractivity contribution in [3.05, 3.63) is 18.0 Å². The van der Waals surface area contributed by atoms with E-state index in [1.807, 2.05) is 13.0 Å². The summed E-state index contributed by atoms with van der Waals surface area (Å²) < 4.78 is 1.66. The standard InChI is InChI=1S/C14H20N6/c1-10-15-13-3-4-14(17-20(13)16-10)19-8-6-11-5-7-18(2)9-12(11)19/h3-4,11-12H,5-9H2,1-2H3/t11-,12+/m0/s1. The van der Waals surface area contributed by atoms with E-state index < -0.39 is 0 Å². The van der Waals surface area contributed by atoms with Gasteiger partial charge in [-0.3, -0.25) is 0 Å². The van der Waals surface area contributed by atoms with Gasteiger partial charge in [0.05, 0.1) is 0 Å². The summed E-state index contributed by atoms with van der Waals surface area (Å²) in [5, 5.41) is 8.97. The van der Waals surface area contributed by atoms with Crippen molar-refractivity contribution in [1.82, 2.24) is 24.7 Å². The Morgan fingerprint density at radius 3 is 2.90 bits per heavy atom. The fourth-order valence-electron chi connectivity index (χ4n) is 3.61. The number of fused-ring (bicyclic) bond motifs is 2. The lowest BCUT2D eigenvalue weighted by Gasteiger charge is -2.36. The van der Waals surface area contributed by atoms with E-state index in [0.29, 0.717) is 6.04 Å². The third-order valence-electron chi connectivity index (χ3n) is 4.66. The van der Waals surface area contributed by atoms with Gasteiger partial charge < -0.3 is 9.80 Å². The number of piperidine rings is 1. The van der Waals surface area contributed by atoms with Gasteiger partial charge in [-0.05, 0) is 51.4 Å². The van der Waals surface area contributed by atoms with Crippen molar-refractivity contribution >= 4 is 11.5 Å². The molecule has 4 heterocycles. The van der Waals surface area contributed by atoms with E-state index in [9.17, 15) is 0 Å². The van der Waals surface area contributed by atoms with Crippen LogP contribution in [0.25, 0.3) is 5.65 Å². The van der Waals surface area contributed by atoms with E-state index in [4.69, 9.17) is 0 Å². The van der Waals surface area contributed by atoms with Gasteiger partial charge in [0.15, 0.2) is 11.5 Å². The topological polar surface area (TPSA) is 49.6 Å². The summed E-state index contributed by atoms with van der Waals surface area (Å²) in [5.41, 5.74) is 0.822. The van der Waals surface area contributed by atoms with Crippen LogP contribution in [0.4, 0.5) is 5.82 Å². The molecule has 2 fully saturated rings. The summed E-state index contributed by atoms with van der Waals surface area (Å²) in [6.07, 6.45) is 2.59. The second kappa shape index (κ2) is 4.41. The molecular formula is C14H20N6. The van der Waals surface area contributed by atoms with Gasteiger partial charge in [0.2, 0.25) is 0 Å². The summed E-state index contributed by atoms with van der Waals surface area (Å²) in [6.45, 7) is 5.37. The smallest absolute Gasteiger partial charge is 0.176 e. The predicted octanol–water partition coefficient (Wildman–Crippen LogP) is 0.963. The lowest BCUT2D eigenvalue weighted by atomic mass is 9.92. The van der Waals surface area contributed by atoms with Crippen molar-refractivity contribution in [2.45, 2.75) is 25.8 Å². The van der Waals surface area contributed by atoms with Crippen molar-refractivity contribution in [2.24, 2.45) is 5.92 Å². The van der Waals surface area contributed by atoms with Gasteiger partial charge in [-0.1, -0.05) is 0 Å². The first-order chi connectivity index (χ1) is 9.70. The summed E-state index contributed by atoms with van der Waals surface area (Å²) in [5.74, 6) is 2.62. The lowest BCUT2D eigenvalue weighted by Crippen LogP contribution is -2.47. The first-order valence-corrected chi connectivity index (χ1v) is 7.36. The molecule has 2 aliphatic rings. The molecule has 0 bridgehead atoms. The van der Waals surface area contributed by atoms with Gasteiger partial charge in [-0.25, -0.2) is 4.98 Å². The van der Waals surface area contributed by atoms with Gasteiger partial charge in [-0.2, -0.15) is 0 Å². The van der Waals surface area contributed by atoms with Gasteiger partial charge in [-0.15, -0.1) is 14.8 Å². The number of hydrogen-bond donors (Lipinski definition) is 0. The van der Waals surface area contributed by atoms with Gasteiger partial charge >= 0.3 is 0 Å². The maximum absolute atomic E-state index is 4.64. The van der Waals surface area contributed by atoms with Crippen molar-refractivity contribution in [1.29, 1.82) is 0 Å². The van der Waals surface area contributed by atoms with Crippen LogP contribution in [-0.2, 0) is 0 Å². The number of likely N-dealkylation sites (tertiary alicyclic amines) is 1. The molecule has 0 unspecified atom stereocenters. The van der Waals surface area contributed by atoms with E-state index in [0.717, 1.165) is 36.3 Å². The van der Waals surface area contributed by atoms with Crippen molar-refractivity contribution in [3.63, 3.8) is 0 Å². The molecule has 0 N–H and O–H groups in total. The van der Waals surface area contributed by atoms with Crippen LogP contribution in [0.3, 0.4) is 0 Å². The molecule has 2 aromatic rings. The highest BCUT2D eigenvalue weighted by Crippen LogP contribution is 2.33. The van der Waals surface area contributed by atoms with Crippen LogP contribution in [-0.4, -0.2) is 57.4 Å². The molecule has 4 rings (SSSR count). The Morgan fingerprint density at radius 1 is 1.15 bits per heavy atom. The quantitative estimate of drug-likeness (QED) is 0.774. The molecule has 0 aliphatic carbocycles. The average Bonchev–Trinajstić information content (AvgIpc) is 2.99. The van der Waals surface area contributed by atoms with E-state index in [1.165, 1.54) is 19.4 Å². The number of aromatic nitrogens is 4. The molecule has 6 nitrogen and oxygen atoms in total. The number of rotatable bonds is 1. The normalized spacial score (nSPS) is 27.2. The molecule has 106 valence electrons. The number of likely N-dealkylation sites (N-methyl/N-ethyl adjacent to an activating group) is 1. The van der Waals surface area contributed by atoms with Crippen LogP contribution in [0, 0.1) is 12.8 Å². The molecule has 2 atom stereocenters. The van der Waals surface area contributed by atoms with E-state index in [1.54, 1.807) is 4.63 Å². The van der Waals surface area contributed by atoms with Gasteiger partial charge in [0.25, 0.3) is 0 Å². The summed E-state index contributed by atoms with van der Waals surface area (Å²) in [7, 11) is 2.21. The lowest BCUT2D eigenvalue weighted by molar-refractivity contribution is 0.207. The monoisotopic (exact) mass is 272 g/mol. The zero-order valence-corrected chi connectivity index (χ0v) is 12.0. The van der Waals surface area contributed by atoms with Crippen LogP contribution in [0.1, 0.15) is 18.7 Å². The average molecular weight is 272 g/mol. The highest BCUT2D eigenvalue weighted by atomic mass is 15.5. The number of anilines is 1. The van der Waals surface area contributed by atoms with Crippen molar-refractivity contribution in [3.8, 4) is 0 Å². The maximum Gasteiger partial charge on any atom is 0.176 e. The molecule has 2 aliphatic heterocycles. The Balaban J connectivity index is 1.67. The minimum Gasteiger partial charge on any atom is -0.351 e. The van der Waals surface area contributed by atoms with Gasteiger partial charge in [0.1, 0.15) is 5.82 Å². The highest BCUT2D eigenvalue weighted by Gasteiger charge is 2.38. The minimum atomic E-state index is 0.600. The molecule has 2 aromatic heterocycles. The number of aryl methyl sites for hydroxylation is 1. The van der Waals surface area contributed by atoms with E-state index >= 15 is 0 Å². The Hall–Kier alpha value is -1.69. The zero-order valence-electron chi connectivity index (χ0n) is 12.0. The second-order valence-electron chi connectivity index (χ2n) is 6.06. The predicted molar refractivity (Wildman–Crippen MR) is 76.9 cm³/mol. The van der Waals surface area contributed by atoms with Crippen molar-refractivity contribution < 1.29 is 0 Å². The SMILES string of the molecule is Cc1nc2ccc(N3CC[C@@H]4CCN(C)C[C@H]43)nn2n1. The minimum absolute atomic E-state index is 0.600. The van der Waals surface area contributed by atoms with Crippen LogP contribution in [0.15, 0.2) is 12.1 Å². The summed E-state index contributed by atoms with van der Waals surface area (Å²) in [4.78, 5) is 9.22. The van der Waals surface area contributed by atoms with E-state index in [-0.39, 0.29) is 0 Å². The zero-order chi connectivity index (χ0) is 13.7. The third-order valence-corrected chi connectivity index (χ3v) is 4.66. The molecule has 0 radical (unpaired) electrons. The van der Waals surface area contributed by atoms with E-state index in [2.05, 4.69) is 38.1 Å². The van der Waals surface area contributed by atoms with Crippen molar-refractivity contribution in [2.75, 3.05) is 31.6 Å². The fraction of sp³-hybridized carbons (Fsp3) is 0.643. The number of hydrogen-bond acceptors (Lipinski definition) is 5. The maximum atomic E-state index is 4.64. The fourth-order valence-corrected chi connectivity index (χ4v) is 3.61. The Bertz CT molecular complexity index is 636. The van der Waals surface area contributed by atoms with Crippen LogP contribution >= 0.6 is 0 Å². The number of nitrogens with zero attached hydrogens (tertiary/aromatic N) is 6. The van der Waals surface area contributed by atoms with Crippen LogP contribution in [0.2, 0.25) is 0 Å². The largest absolute Gasteiger partial charge is 0.351 e. The highest BCUT2D eigenvalue weighted by molar-refractivity contribution is 5.47. The molecule has 0 spiro atoms. The Morgan fingerprint density at radius 2 is 2.00 bits per heavy atom. The Kier molecular flexibility index (Phi) is 2.66. The molecule has 0 saturated carbocycles. The summed E-state index contributed by atoms with van der Waals surface area (Å²) >= 11 is 0. The van der Waals surface area contributed by atoms with Crippen LogP contribution in [0.5, 0.6) is 0 Å². The first-order valence-electron chi connectivity index (χ1n) is 7.36. The second-order valence-corrected chi connectivity index (χ2v) is 6.06. The Labute approximate surface area is 118 Å². The molecule has 0 aromatic carbocycles. The molecule has 2 saturated heterocycles. The third kappa shape index (κ3) is 1.86.